The molecule has 0 aliphatic heterocycles. The van der Waals surface area contributed by atoms with Crippen LogP contribution in [-0.2, 0) is 63.5 Å². The second-order valence-corrected chi connectivity index (χ2v) is 12.9. The van der Waals surface area contributed by atoms with Gasteiger partial charge in [-0.15, -0.1) is 5.75 Å². The van der Waals surface area contributed by atoms with Crippen molar-refractivity contribution in [2.24, 2.45) is 0 Å². The van der Waals surface area contributed by atoms with Crippen molar-refractivity contribution in [1.29, 1.82) is 5.26 Å². The van der Waals surface area contributed by atoms with Crippen LogP contribution in [0.2, 0.25) is 0 Å². The Balaban J connectivity index is 0.00000116. The quantitative estimate of drug-likeness (QED) is 0.0975. The smallest absolute Gasteiger partial charge is 0.872 e. The van der Waals surface area contributed by atoms with Crippen LogP contribution >= 0.6 is 0 Å². The van der Waals surface area contributed by atoms with Crippen LogP contribution in [0.1, 0.15) is 29.6 Å². The molecule has 1 radical (unpaired) electrons. The van der Waals surface area contributed by atoms with Gasteiger partial charge < -0.3 is 19.3 Å². The van der Waals surface area contributed by atoms with Gasteiger partial charge in [-0.1, -0.05) is 24.3 Å². The normalized spacial score (nSPS) is 11.4. The number of halogens is 6. The van der Waals surface area contributed by atoms with Crippen molar-refractivity contribution in [3.8, 4) is 17.6 Å². The van der Waals surface area contributed by atoms with Crippen molar-refractivity contribution >= 4 is 20.2 Å². The van der Waals surface area contributed by atoms with E-state index in [-0.39, 0.29) is 28.6 Å². The molecule has 23 heteroatoms. The van der Waals surface area contributed by atoms with Gasteiger partial charge in [0.1, 0.15) is 5.75 Å². The molecule has 295 valence electrons. The fourth-order valence-corrected chi connectivity index (χ4v) is 3.80. The number of hydrogen-bond acceptors (Lipinski definition) is 14. The molecule has 0 fully saturated rings. The summed E-state index contributed by atoms with van der Waals surface area (Å²) in [4.78, 5) is 17.9. The molecule has 1 N–H and O–H groups in total. The van der Waals surface area contributed by atoms with Gasteiger partial charge in [0.05, 0.1) is 23.2 Å². The van der Waals surface area contributed by atoms with Crippen LogP contribution in [-0.4, -0.2) is 79.9 Å². The van der Waals surface area contributed by atoms with Crippen LogP contribution in [0.3, 0.4) is 0 Å². The van der Waals surface area contributed by atoms with Gasteiger partial charge in [-0.05, 0) is 54.1 Å². The molecular weight excluding hydrogens is 817 g/mol. The molecule has 14 nitrogen and oxygen atoms in total. The third kappa shape index (κ3) is 20.2. The zero-order chi connectivity index (χ0) is 40.3. The summed E-state index contributed by atoms with van der Waals surface area (Å²) >= 11 is 0. The maximum Gasteiger partial charge on any atom is 2.00 e. The van der Waals surface area contributed by atoms with Gasteiger partial charge >= 0.3 is 28.1 Å². The van der Waals surface area contributed by atoms with Crippen LogP contribution in [0.5, 0.6) is 11.5 Å². The molecular formula is C31H31F6MnN6O8S2-. The Kier molecular flexibility index (Phi) is 21.5. The monoisotopic (exact) mass is 848 g/mol. The number of aromatic nitrogens is 3. The number of benzene rings is 1. The SMILES string of the molecule is CC#N.O=S(=O)([O-])C(F)(F)F.O=S(=O)([O-])C(F)(F)F.[Mn+2].[O-]c1ccc(O)cc1CN(CCN(Cc1ccccn1)Cc1ccccn1)Cc1ccccn1. The van der Waals surface area contributed by atoms with E-state index in [0.717, 1.165) is 23.6 Å². The standard InChI is InChI=1S/C27H29N5O2.C2H3N.2CHF3O3S.Mn/c33-26-10-11-27(34)22(17-26)18-31(19-23-7-1-4-12-28-23)15-16-32(20-24-8-2-5-13-29-24)21-25-9-3-6-14-30-25;1-2-3;2*2-1(3,4)8(5,6)7;/h1-14,17,33-34H,15-16,18-21H2;1H3;2*(H,5,6,7);/q;;;;+2/p-3. The molecule has 0 aliphatic rings. The van der Waals surface area contributed by atoms with E-state index in [1.807, 2.05) is 54.6 Å². The van der Waals surface area contributed by atoms with E-state index in [2.05, 4.69) is 24.8 Å². The molecule has 0 aliphatic carbocycles. The number of rotatable bonds is 11. The van der Waals surface area contributed by atoms with Gasteiger partial charge in [0.25, 0.3) is 0 Å². The van der Waals surface area contributed by atoms with Gasteiger partial charge in [0.2, 0.25) is 0 Å². The average molecular weight is 849 g/mol. The van der Waals surface area contributed by atoms with Crippen molar-refractivity contribution in [2.45, 2.75) is 44.1 Å². The number of pyridine rings is 3. The Labute approximate surface area is 317 Å². The zero-order valence-corrected chi connectivity index (χ0v) is 30.7. The molecule has 4 rings (SSSR count). The summed E-state index contributed by atoms with van der Waals surface area (Å²) in [5.74, 6) is 0.0157. The van der Waals surface area contributed by atoms with Gasteiger partial charge in [-0.2, -0.15) is 31.6 Å². The van der Waals surface area contributed by atoms with Crippen molar-refractivity contribution in [1.82, 2.24) is 24.8 Å². The number of nitriles is 1. The van der Waals surface area contributed by atoms with Crippen molar-refractivity contribution < 1.29 is 79.6 Å². The number of alkyl halides is 6. The van der Waals surface area contributed by atoms with E-state index in [1.54, 1.807) is 30.7 Å². The molecule has 0 amide bonds. The maximum absolute atomic E-state index is 12.4. The van der Waals surface area contributed by atoms with Crippen molar-refractivity contribution in [3.63, 3.8) is 0 Å². The topological polar surface area (TPSA) is 227 Å². The third-order valence-corrected chi connectivity index (χ3v) is 7.21. The first kappa shape index (κ1) is 49.6. The van der Waals surface area contributed by atoms with Crippen molar-refractivity contribution in [2.75, 3.05) is 13.1 Å². The average Bonchev–Trinajstić information content (AvgIpc) is 3.06. The Morgan fingerprint density at radius 1 is 0.685 bits per heavy atom. The molecule has 4 aromatic rings. The van der Waals surface area contributed by atoms with E-state index >= 15 is 0 Å². The Hall–Kier alpha value is -4.40. The van der Waals surface area contributed by atoms with Gasteiger partial charge in [-0.25, -0.2) is 16.8 Å². The second-order valence-electron chi connectivity index (χ2n) is 10.2. The molecule has 0 saturated carbocycles. The molecule has 0 spiro atoms. The summed E-state index contributed by atoms with van der Waals surface area (Å²) < 4.78 is 118. The summed E-state index contributed by atoms with van der Waals surface area (Å²) in [7, 11) is -12.2. The van der Waals surface area contributed by atoms with Crippen LogP contribution in [0, 0.1) is 11.3 Å². The number of nitrogens with zero attached hydrogens (tertiary/aromatic N) is 6. The summed E-state index contributed by atoms with van der Waals surface area (Å²) in [6.45, 7) is 5.27. The Morgan fingerprint density at radius 2 is 1.00 bits per heavy atom. The van der Waals surface area contributed by atoms with Crippen molar-refractivity contribution in [3.05, 3.63) is 114 Å². The number of phenols is 1. The van der Waals surface area contributed by atoms with E-state index < -0.39 is 31.3 Å². The first-order chi connectivity index (χ1) is 24.6. The number of aromatic hydroxyl groups is 1. The molecule has 0 atom stereocenters. The van der Waals surface area contributed by atoms with Crippen LogP contribution in [0.4, 0.5) is 26.3 Å². The largest absolute Gasteiger partial charge is 2.00 e. The van der Waals surface area contributed by atoms with Crippen LogP contribution in [0.25, 0.3) is 0 Å². The molecule has 54 heavy (non-hydrogen) atoms. The van der Waals surface area contributed by atoms with E-state index in [0.29, 0.717) is 38.3 Å². The first-order valence-electron chi connectivity index (χ1n) is 14.6. The van der Waals surface area contributed by atoms with E-state index in [9.17, 15) is 36.6 Å². The van der Waals surface area contributed by atoms with Crippen LogP contribution in [0.15, 0.2) is 91.4 Å². The summed E-state index contributed by atoms with van der Waals surface area (Å²) in [5.41, 5.74) is -7.82. The first-order valence-corrected chi connectivity index (χ1v) is 17.4. The van der Waals surface area contributed by atoms with Gasteiger partial charge in [0.15, 0.2) is 20.2 Å². The number of phenolic OH excluding ortho intramolecular Hbond substituents is 1. The molecule has 3 heterocycles. The molecule has 0 saturated heterocycles. The maximum atomic E-state index is 12.4. The minimum atomic E-state index is -6.09. The third-order valence-electron chi connectivity index (χ3n) is 6.07. The van der Waals surface area contributed by atoms with E-state index in [4.69, 9.17) is 31.2 Å². The number of hydrogen-bond donors (Lipinski definition) is 1. The fourth-order valence-electron chi connectivity index (χ4n) is 3.80. The Morgan fingerprint density at radius 3 is 1.28 bits per heavy atom. The Bertz CT molecular complexity index is 1850. The predicted molar refractivity (Wildman–Crippen MR) is 171 cm³/mol. The van der Waals surface area contributed by atoms with Gasteiger partial charge in [-0.3, -0.25) is 24.8 Å². The zero-order valence-electron chi connectivity index (χ0n) is 27.9. The van der Waals surface area contributed by atoms with Gasteiger partial charge in [0, 0.05) is 64.8 Å². The molecule has 3 aromatic heterocycles. The van der Waals surface area contributed by atoms with Crippen LogP contribution < -0.4 is 5.11 Å². The fraction of sp³-hybridized carbons (Fsp3) is 0.290. The summed E-state index contributed by atoms with van der Waals surface area (Å²) in [5, 5.41) is 29.6. The minimum Gasteiger partial charge on any atom is -0.872 e. The second kappa shape index (κ2) is 23.4. The molecule has 1 aromatic carbocycles. The van der Waals surface area contributed by atoms with E-state index in [1.165, 1.54) is 19.1 Å². The predicted octanol–water partition coefficient (Wildman–Crippen LogP) is 3.99. The summed E-state index contributed by atoms with van der Waals surface area (Å²) in [6, 6.07) is 23.8. The summed E-state index contributed by atoms with van der Waals surface area (Å²) in [6.07, 6.45) is 5.38. The minimum absolute atomic E-state index is 0. The molecule has 0 unspecified atom stereocenters. The molecule has 0 bridgehead atoms.